The molecule has 0 unspecified atom stereocenters. The van der Waals surface area contributed by atoms with Crippen LogP contribution in [0.4, 0.5) is 0 Å². The van der Waals surface area contributed by atoms with E-state index in [1.165, 1.54) is 18.2 Å². The Hall–Kier alpha value is -0.670. The van der Waals surface area contributed by atoms with Crippen molar-refractivity contribution in [3.63, 3.8) is 0 Å². The summed E-state index contributed by atoms with van der Waals surface area (Å²) in [7, 11) is 2.95. The van der Waals surface area contributed by atoms with E-state index in [2.05, 4.69) is 21.2 Å². The first-order valence-electron chi connectivity index (χ1n) is 5.95. The smallest absolute Gasteiger partial charge is 0.262 e. The largest absolute Gasteiger partial charge is 0.382 e. The van der Waals surface area contributed by atoms with Gasteiger partial charge in [0.2, 0.25) is 0 Å². The molecule has 0 heterocycles. The highest BCUT2D eigenvalue weighted by molar-refractivity contribution is 9.10. The first-order chi connectivity index (χ1) is 9.86. The summed E-state index contributed by atoms with van der Waals surface area (Å²) in [5, 5.41) is 2.62. The van der Waals surface area contributed by atoms with Crippen LogP contribution < -0.4 is 5.32 Å². The SMILES string of the molecule is COCCOCCNC(=O)c1ccc(Br)c(S(=O)(=O)Cl)c1. The van der Waals surface area contributed by atoms with Crippen molar-refractivity contribution >= 4 is 41.6 Å². The number of carbonyl (C=O) groups is 1. The number of ether oxygens (including phenoxy) is 2. The number of methoxy groups -OCH3 is 1. The minimum absolute atomic E-state index is 0.145. The number of rotatable bonds is 8. The van der Waals surface area contributed by atoms with E-state index in [0.717, 1.165) is 0 Å². The Balaban J connectivity index is 2.59. The van der Waals surface area contributed by atoms with Crippen LogP contribution in [0.2, 0.25) is 0 Å². The number of carbonyl (C=O) groups excluding carboxylic acids is 1. The second-order valence-electron chi connectivity index (χ2n) is 3.94. The normalized spacial score (nSPS) is 11.4. The Bertz CT molecular complexity index is 593. The second-order valence-corrected chi connectivity index (χ2v) is 7.33. The molecule has 0 aromatic heterocycles. The summed E-state index contributed by atoms with van der Waals surface area (Å²) in [6.45, 7) is 1.57. The van der Waals surface area contributed by atoms with E-state index in [4.69, 9.17) is 20.2 Å². The fourth-order valence-corrected chi connectivity index (χ4v) is 3.53. The van der Waals surface area contributed by atoms with Gasteiger partial charge in [0.15, 0.2) is 0 Å². The molecule has 118 valence electrons. The quantitative estimate of drug-likeness (QED) is 0.531. The fraction of sp³-hybridized carbons (Fsp3) is 0.417. The number of hydrogen-bond donors (Lipinski definition) is 1. The van der Waals surface area contributed by atoms with Gasteiger partial charge in [0.1, 0.15) is 0 Å². The predicted molar refractivity (Wildman–Crippen MR) is 82.2 cm³/mol. The summed E-state index contributed by atoms with van der Waals surface area (Å²) >= 11 is 3.08. The average molecular weight is 401 g/mol. The van der Waals surface area contributed by atoms with Crippen LogP contribution >= 0.6 is 26.6 Å². The van der Waals surface area contributed by atoms with Crippen molar-refractivity contribution in [3.8, 4) is 0 Å². The summed E-state index contributed by atoms with van der Waals surface area (Å²) in [5.41, 5.74) is 0.203. The molecule has 9 heteroatoms. The van der Waals surface area contributed by atoms with Crippen molar-refractivity contribution in [3.05, 3.63) is 28.2 Å². The summed E-state index contributed by atoms with van der Waals surface area (Å²) in [6, 6.07) is 4.17. The van der Waals surface area contributed by atoms with E-state index in [1.807, 2.05) is 0 Å². The Morgan fingerprint density at radius 2 is 2.05 bits per heavy atom. The van der Waals surface area contributed by atoms with E-state index in [0.29, 0.717) is 30.8 Å². The molecule has 1 N–H and O–H groups in total. The lowest BCUT2D eigenvalue weighted by Crippen LogP contribution is -2.27. The molecule has 21 heavy (non-hydrogen) atoms. The zero-order valence-corrected chi connectivity index (χ0v) is 14.4. The molecule has 0 aliphatic rings. The molecular formula is C12H15BrClNO5S. The number of halogens is 2. The maximum atomic E-state index is 11.9. The summed E-state index contributed by atoms with van der Waals surface area (Å²) in [5.74, 6) is -0.403. The fourth-order valence-electron chi connectivity index (χ4n) is 1.41. The lowest BCUT2D eigenvalue weighted by Gasteiger charge is -2.08. The molecule has 1 aromatic rings. The van der Waals surface area contributed by atoms with Crippen molar-refractivity contribution < 1.29 is 22.7 Å². The highest BCUT2D eigenvalue weighted by atomic mass is 79.9. The number of amides is 1. The molecule has 0 saturated carbocycles. The van der Waals surface area contributed by atoms with Crippen molar-refractivity contribution in [2.24, 2.45) is 0 Å². The summed E-state index contributed by atoms with van der Waals surface area (Å²) in [4.78, 5) is 11.7. The van der Waals surface area contributed by atoms with E-state index < -0.39 is 15.0 Å². The van der Waals surface area contributed by atoms with Gasteiger partial charge in [-0.1, -0.05) is 0 Å². The van der Waals surface area contributed by atoms with Crippen LogP contribution in [0.25, 0.3) is 0 Å². The van der Waals surface area contributed by atoms with Crippen LogP contribution in [-0.4, -0.2) is 47.8 Å². The third-order valence-electron chi connectivity index (χ3n) is 2.42. The van der Waals surface area contributed by atoms with Gasteiger partial charge in [-0.15, -0.1) is 0 Å². The monoisotopic (exact) mass is 399 g/mol. The van der Waals surface area contributed by atoms with E-state index in [-0.39, 0.29) is 10.5 Å². The molecule has 0 atom stereocenters. The first kappa shape index (κ1) is 18.4. The molecular weight excluding hydrogens is 386 g/mol. The van der Waals surface area contributed by atoms with E-state index in [9.17, 15) is 13.2 Å². The number of hydrogen-bond acceptors (Lipinski definition) is 5. The molecule has 1 amide bonds. The van der Waals surface area contributed by atoms with Gasteiger partial charge in [-0.05, 0) is 34.1 Å². The van der Waals surface area contributed by atoms with Gasteiger partial charge < -0.3 is 14.8 Å². The van der Waals surface area contributed by atoms with Crippen LogP contribution in [0.5, 0.6) is 0 Å². The maximum absolute atomic E-state index is 11.9. The molecule has 0 aliphatic heterocycles. The van der Waals surface area contributed by atoms with E-state index in [1.54, 1.807) is 7.11 Å². The van der Waals surface area contributed by atoms with Crippen molar-refractivity contribution in [2.75, 3.05) is 33.5 Å². The molecule has 6 nitrogen and oxygen atoms in total. The Morgan fingerprint density at radius 1 is 1.33 bits per heavy atom. The standard InChI is InChI=1S/C12H15BrClNO5S/c1-19-6-7-20-5-4-15-12(16)9-2-3-10(13)11(8-9)21(14,17)18/h2-3,8H,4-7H2,1H3,(H,15,16). The highest BCUT2D eigenvalue weighted by Gasteiger charge is 2.17. The van der Waals surface area contributed by atoms with Crippen LogP contribution in [0.3, 0.4) is 0 Å². The molecule has 0 aliphatic carbocycles. The van der Waals surface area contributed by atoms with E-state index >= 15 is 0 Å². The van der Waals surface area contributed by atoms with Gasteiger partial charge >= 0.3 is 0 Å². The summed E-state index contributed by atoms with van der Waals surface area (Å²) in [6.07, 6.45) is 0. The van der Waals surface area contributed by atoms with Gasteiger partial charge in [-0.25, -0.2) is 8.42 Å². The van der Waals surface area contributed by atoms with Crippen molar-refractivity contribution in [1.82, 2.24) is 5.32 Å². The first-order valence-corrected chi connectivity index (χ1v) is 9.05. The van der Waals surface area contributed by atoms with Crippen molar-refractivity contribution in [1.29, 1.82) is 0 Å². The Labute approximate surface area is 136 Å². The average Bonchev–Trinajstić information content (AvgIpc) is 2.41. The lowest BCUT2D eigenvalue weighted by molar-refractivity contribution is 0.0692. The molecule has 0 radical (unpaired) electrons. The summed E-state index contributed by atoms with van der Waals surface area (Å²) < 4.78 is 33.0. The third-order valence-corrected chi connectivity index (χ3v) is 4.74. The van der Waals surface area contributed by atoms with Crippen LogP contribution in [0.15, 0.2) is 27.6 Å². The minimum atomic E-state index is -3.92. The van der Waals surface area contributed by atoms with Gasteiger partial charge in [-0.3, -0.25) is 4.79 Å². The van der Waals surface area contributed by atoms with Gasteiger partial charge in [0.05, 0.1) is 24.7 Å². The molecule has 1 aromatic carbocycles. The van der Waals surface area contributed by atoms with Gasteiger partial charge in [0.25, 0.3) is 15.0 Å². The molecule has 0 bridgehead atoms. The lowest BCUT2D eigenvalue weighted by atomic mass is 10.2. The molecule has 0 saturated heterocycles. The second kappa shape index (κ2) is 8.70. The topological polar surface area (TPSA) is 81.7 Å². The third kappa shape index (κ3) is 6.31. The number of benzene rings is 1. The van der Waals surface area contributed by atoms with Gasteiger partial charge in [0, 0.05) is 34.4 Å². The Morgan fingerprint density at radius 3 is 2.67 bits per heavy atom. The van der Waals surface area contributed by atoms with Gasteiger partial charge in [-0.2, -0.15) is 0 Å². The molecule has 0 spiro atoms. The minimum Gasteiger partial charge on any atom is -0.382 e. The van der Waals surface area contributed by atoms with Crippen LogP contribution in [-0.2, 0) is 18.5 Å². The van der Waals surface area contributed by atoms with Crippen LogP contribution in [0, 0.1) is 0 Å². The van der Waals surface area contributed by atoms with Crippen molar-refractivity contribution in [2.45, 2.75) is 4.90 Å². The predicted octanol–water partition coefficient (Wildman–Crippen LogP) is 1.77. The molecule has 1 rings (SSSR count). The zero-order valence-electron chi connectivity index (χ0n) is 11.3. The Kier molecular flexibility index (Phi) is 7.61. The molecule has 0 fully saturated rings. The highest BCUT2D eigenvalue weighted by Crippen LogP contribution is 2.26. The number of nitrogens with one attached hydrogen (secondary N) is 1. The van der Waals surface area contributed by atoms with Crippen LogP contribution in [0.1, 0.15) is 10.4 Å². The zero-order chi connectivity index (χ0) is 15.9. The maximum Gasteiger partial charge on any atom is 0.262 e.